The number of ether oxygens (including phenoxy) is 3. The van der Waals surface area contributed by atoms with Gasteiger partial charge in [0, 0.05) is 18.5 Å². The number of methoxy groups -OCH3 is 3. The van der Waals surface area contributed by atoms with Gasteiger partial charge >= 0.3 is 5.97 Å². The molecule has 0 saturated heterocycles. The monoisotopic (exact) mass is 335 g/mol. The van der Waals surface area contributed by atoms with E-state index in [-0.39, 0.29) is 30.3 Å². The van der Waals surface area contributed by atoms with Crippen LogP contribution in [0.3, 0.4) is 0 Å². The summed E-state index contributed by atoms with van der Waals surface area (Å²) < 4.78 is 15.3. The molecule has 1 aliphatic heterocycles. The van der Waals surface area contributed by atoms with Crippen LogP contribution in [0.25, 0.3) is 0 Å². The predicted octanol–water partition coefficient (Wildman–Crippen LogP) is 2.32. The van der Waals surface area contributed by atoms with E-state index < -0.39 is 0 Å². The summed E-state index contributed by atoms with van der Waals surface area (Å²) in [6.45, 7) is 4.55. The summed E-state index contributed by atoms with van der Waals surface area (Å²) in [5.41, 5.74) is 1.85. The van der Waals surface area contributed by atoms with Gasteiger partial charge in [-0.05, 0) is 43.5 Å². The van der Waals surface area contributed by atoms with Crippen LogP contribution in [0.5, 0.6) is 11.5 Å². The van der Waals surface area contributed by atoms with Gasteiger partial charge in [0.1, 0.15) is 0 Å². The lowest BCUT2D eigenvalue weighted by molar-refractivity contribution is -0.145. The standard InChI is InChI=1S/C18H25NO5/c1-18(2)10-12-8-14(22-3)15(23-4)9-13(12)11-19(18)16(20)6-7-17(21)24-5/h8-9H,6-7,10-11H2,1-5H3. The second-order valence-corrected chi connectivity index (χ2v) is 6.52. The minimum Gasteiger partial charge on any atom is -0.493 e. The quantitative estimate of drug-likeness (QED) is 0.773. The lowest BCUT2D eigenvalue weighted by Crippen LogP contribution is -2.51. The zero-order valence-electron chi connectivity index (χ0n) is 15.0. The van der Waals surface area contributed by atoms with Crippen molar-refractivity contribution < 1.29 is 23.8 Å². The highest BCUT2D eigenvalue weighted by atomic mass is 16.5. The topological polar surface area (TPSA) is 65.1 Å². The van der Waals surface area contributed by atoms with E-state index in [4.69, 9.17) is 9.47 Å². The van der Waals surface area contributed by atoms with Gasteiger partial charge in [-0.25, -0.2) is 0 Å². The fourth-order valence-corrected chi connectivity index (χ4v) is 3.09. The van der Waals surface area contributed by atoms with Crippen LogP contribution in [-0.2, 0) is 27.3 Å². The molecular weight excluding hydrogens is 310 g/mol. The van der Waals surface area contributed by atoms with Gasteiger partial charge in [0.05, 0.1) is 27.8 Å². The van der Waals surface area contributed by atoms with E-state index in [0.29, 0.717) is 24.5 Å². The molecule has 24 heavy (non-hydrogen) atoms. The largest absolute Gasteiger partial charge is 0.493 e. The van der Waals surface area contributed by atoms with Gasteiger partial charge in [-0.15, -0.1) is 0 Å². The third kappa shape index (κ3) is 3.63. The Labute approximate surface area is 142 Å². The number of esters is 1. The number of carbonyl (C=O) groups is 2. The van der Waals surface area contributed by atoms with Crippen LogP contribution in [-0.4, -0.2) is 43.6 Å². The second-order valence-electron chi connectivity index (χ2n) is 6.52. The van der Waals surface area contributed by atoms with Gasteiger partial charge in [0.2, 0.25) is 5.91 Å². The van der Waals surface area contributed by atoms with Crippen molar-refractivity contribution in [1.82, 2.24) is 4.90 Å². The van der Waals surface area contributed by atoms with E-state index in [1.165, 1.54) is 7.11 Å². The summed E-state index contributed by atoms with van der Waals surface area (Å²) in [5, 5.41) is 0. The van der Waals surface area contributed by atoms with E-state index in [0.717, 1.165) is 11.1 Å². The van der Waals surface area contributed by atoms with Crippen molar-refractivity contribution in [2.45, 2.75) is 45.2 Å². The Hall–Kier alpha value is -2.24. The van der Waals surface area contributed by atoms with E-state index in [1.54, 1.807) is 14.2 Å². The number of fused-ring (bicyclic) bond motifs is 1. The van der Waals surface area contributed by atoms with Crippen LogP contribution in [0.15, 0.2) is 12.1 Å². The average molecular weight is 335 g/mol. The molecule has 1 amide bonds. The highest BCUT2D eigenvalue weighted by molar-refractivity contribution is 5.82. The Morgan fingerprint density at radius 2 is 1.62 bits per heavy atom. The minimum absolute atomic E-state index is 0.0502. The number of nitrogens with zero attached hydrogens (tertiary/aromatic N) is 1. The maximum absolute atomic E-state index is 12.6. The first kappa shape index (κ1) is 18.1. The van der Waals surface area contributed by atoms with E-state index in [2.05, 4.69) is 4.74 Å². The van der Waals surface area contributed by atoms with Crippen LogP contribution in [0.4, 0.5) is 0 Å². The Morgan fingerprint density at radius 1 is 1.04 bits per heavy atom. The summed E-state index contributed by atoms with van der Waals surface area (Å²) in [5.74, 6) is 0.922. The fraction of sp³-hybridized carbons (Fsp3) is 0.556. The lowest BCUT2D eigenvalue weighted by atomic mass is 9.85. The smallest absolute Gasteiger partial charge is 0.306 e. The molecule has 0 fully saturated rings. The molecule has 6 heteroatoms. The highest BCUT2D eigenvalue weighted by Gasteiger charge is 2.36. The molecule has 0 aliphatic carbocycles. The zero-order chi connectivity index (χ0) is 17.9. The lowest BCUT2D eigenvalue weighted by Gasteiger charge is -2.43. The third-order valence-corrected chi connectivity index (χ3v) is 4.46. The van der Waals surface area contributed by atoms with Gasteiger partial charge in [-0.1, -0.05) is 0 Å². The SMILES string of the molecule is COC(=O)CCC(=O)N1Cc2cc(OC)c(OC)cc2CC1(C)C. The number of carbonyl (C=O) groups excluding carboxylic acids is 2. The molecule has 132 valence electrons. The Bertz CT molecular complexity index is 639. The normalized spacial score (nSPS) is 15.5. The summed E-state index contributed by atoms with van der Waals surface area (Å²) in [7, 11) is 4.53. The minimum atomic E-state index is -0.370. The third-order valence-electron chi connectivity index (χ3n) is 4.46. The van der Waals surface area contributed by atoms with Crippen LogP contribution in [0.1, 0.15) is 37.8 Å². The molecule has 0 N–H and O–H groups in total. The van der Waals surface area contributed by atoms with Crippen molar-refractivity contribution in [3.8, 4) is 11.5 Å². The first-order chi connectivity index (χ1) is 11.3. The van der Waals surface area contributed by atoms with Gasteiger partial charge in [-0.3, -0.25) is 9.59 Å². The van der Waals surface area contributed by atoms with Crippen molar-refractivity contribution in [3.63, 3.8) is 0 Å². The Morgan fingerprint density at radius 3 is 2.17 bits per heavy atom. The van der Waals surface area contributed by atoms with Gasteiger partial charge < -0.3 is 19.1 Å². The maximum atomic E-state index is 12.6. The van der Waals surface area contributed by atoms with Gasteiger partial charge in [0.25, 0.3) is 0 Å². The van der Waals surface area contributed by atoms with Crippen LogP contribution < -0.4 is 9.47 Å². The van der Waals surface area contributed by atoms with Crippen LogP contribution >= 0.6 is 0 Å². The molecule has 0 spiro atoms. The van der Waals surface area contributed by atoms with Gasteiger partial charge in [0.15, 0.2) is 11.5 Å². The molecule has 6 nitrogen and oxygen atoms in total. The molecule has 0 unspecified atom stereocenters. The number of benzene rings is 1. The maximum Gasteiger partial charge on any atom is 0.306 e. The van der Waals surface area contributed by atoms with Gasteiger partial charge in [-0.2, -0.15) is 0 Å². The Kier molecular flexibility index (Phi) is 5.36. The number of amides is 1. The van der Waals surface area contributed by atoms with Crippen LogP contribution in [0.2, 0.25) is 0 Å². The second kappa shape index (κ2) is 7.11. The first-order valence-electron chi connectivity index (χ1n) is 7.93. The molecular formula is C18H25NO5. The van der Waals surface area contributed by atoms with Crippen molar-refractivity contribution in [2.75, 3.05) is 21.3 Å². The summed E-state index contributed by atoms with van der Waals surface area (Å²) >= 11 is 0. The highest BCUT2D eigenvalue weighted by Crippen LogP contribution is 2.38. The van der Waals surface area contributed by atoms with E-state index in [9.17, 15) is 9.59 Å². The molecule has 1 aromatic carbocycles. The fourth-order valence-electron chi connectivity index (χ4n) is 3.09. The van der Waals surface area contributed by atoms with Crippen molar-refractivity contribution in [3.05, 3.63) is 23.3 Å². The summed E-state index contributed by atoms with van der Waals surface area (Å²) in [4.78, 5) is 25.7. The van der Waals surface area contributed by atoms with E-state index >= 15 is 0 Å². The molecule has 0 aromatic heterocycles. The van der Waals surface area contributed by atoms with Crippen molar-refractivity contribution >= 4 is 11.9 Å². The molecule has 2 rings (SSSR count). The molecule has 0 bridgehead atoms. The number of hydrogen-bond donors (Lipinski definition) is 0. The molecule has 0 radical (unpaired) electrons. The molecule has 1 heterocycles. The van der Waals surface area contributed by atoms with E-state index in [1.807, 2.05) is 30.9 Å². The molecule has 1 aliphatic rings. The number of hydrogen-bond acceptors (Lipinski definition) is 5. The summed E-state index contributed by atoms with van der Waals surface area (Å²) in [6.07, 6.45) is 0.964. The molecule has 1 aromatic rings. The Balaban J connectivity index is 2.25. The summed E-state index contributed by atoms with van der Waals surface area (Å²) in [6, 6.07) is 3.90. The molecule has 0 atom stereocenters. The predicted molar refractivity (Wildman–Crippen MR) is 89.1 cm³/mol. The first-order valence-corrected chi connectivity index (χ1v) is 7.93. The van der Waals surface area contributed by atoms with Crippen molar-refractivity contribution in [2.24, 2.45) is 0 Å². The van der Waals surface area contributed by atoms with Crippen LogP contribution in [0, 0.1) is 0 Å². The molecule has 0 saturated carbocycles. The van der Waals surface area contributed by atoms with Crippen molar-refractivity contribution in [1.29, 1.82) is 0 Å². The average Bonchev–Trinajstić information content (AvgIpc) is 2.56. The number of rotatable bonds is 5. The zero-order valence-corrected chi connectivity index (χ0v) is 15.0.